The Kier molecular flexibility index (Phi) is 8.72. The molecule has 0 amide bonds. The fourth-order valence-electron chi connectivity index (χ4n) is 1.25. The second kappa shape index (κ2) is 8.56. The molecule has 5 heteroatoms. The lowest BCUT2D eigenvalue weighted by atomic mass is 10.2. The van der Waals surface area contributed by atoms with Crippen molar-refractivity contribution in [2.75, 3.05) is 32.1 Å². The zero-order valence-corrected chi connectivity index (χ0v) is 10.3. The lowest BCUT2D eigenvalue weighted by Gasteiger charge is -2.27. The highest BCUT2D eigenvalue weighted by atomic mass is 79.9. The second-order valence-electron chi connectivity index (χ2n) is 3.21. The Labute approximate surface area is 92.7 Å². The summed E-state index contributed by atoms with van der Waals surface area (Å²) in [7, 11) is 1.62. The number of hydrogen-bond acceptors (Lipinski definition) is 2. The first kappa shape index (κ1) is 14.3. The van der Waals surface area contributed by atoms with Gasteiger partial charge >= 0.3 is 0 Å². The topological polar surface area (TPSA) is 12.5 Å². The van der Waals surface area contributed by atoms with Crippen LogP contribution in [0.5, 0.6) is 0 Å². The summed E-state index contributed by atoms with van der Waals surface area (Å²) in [5.74, 6) is 0. The Bertz CT molecular complexity index is 138. The average molecular weight is 274 g/mol. The number of halogens is 3. The third-order valence-corrected chi connectivity index (χ3v) is 2.46. The van der Waals surface area contributed by atoms with E-state index in [9.17, 15) is 8.78 Å². The van der Waals surface area contributed by atoms with Crippen molar-refractivity contribution in [3.8, 4) is 0 Å². The normalized spacial score (nSPS) is 13.9. The molecular formula is C9H18BrF2NO. The number of alkyl halides is 3. The van der Waals surface area contributed by atoms with Crippen molar-refractivity contribution in [1.82, 2.24) is 4.90 Å². The van der Waals surface area contributed by atoms with E-state index in [0.29, 0.717) is 13.2 Å². The molecule has 0 aliphatic rings. The summed E-state index contributed by atoms with van der Waals surface area (Å²) >= 11 is 3.26. The molecule has 0 bridgehead atoms. The Morgan fingerprint density at radius 3 is 2.50 bits per heavy atom. The van der Waals surface area contributed by atoms with Gasteiger partial charge in [-0.3, -0.25) is 4.90 Å². The quantitative estimate of drug-likeness (QED) is 0.630. The zero-order chi connectivity index (χ0) is 11.0. The molecule has 1 unspecified atom stereocenters. The van der Waals surface area contributed by atoms with Crippen LogP contribution >= 0.6 is 15.9 Å². The summed E-state index contributed by atoms with van der Waals surface area (Å²) in [6, 6.07) is 0.140. The Morgan fingerprint density at radius 1 is 1.43 bits per heavy atom. The van der Waals surface area contributed by atoms with E-state index >= 15 is 0 Å². The van der Waals surface area contributed by atoms with Gasteiger partial charge in [0, 0.05) is 31.6 Å². The van der Waals surface area contributed by atoms with Gasteiger partial charge in [-0.15, -0.1) is 0 Å². The lowest BCUT2D eigenvalue weighted by Crippen LogP contribution is -2.38. The fourth-order valence-corrected chi connectivity index (χ4v) is 1.70. The van der Waals surface area contributed by atoms with Gasteiger partial charge < -0.3 is 4.74 Å². The van der Waals surface area contributed by atoms with E-state index in [1.54, 1.807) is 12.0 Å². The molecule has 0 aliphatic heterocycles. The molecule has 2 nitrogen and oxygen atoms in total. The molecule has 0 aromatic rings. The molecule has 0 spiro atoms. The molecule has 0 saturated heterocycles. The molecule has 14 heavy (non-hydrogen) atoms. The molecule has 0 rings (SSSR count). The molecule has 0 saturated carbocycles. The minimum absolute atomic E-state index is 0.140. The van der Waals surface area contributed by atoms with Crippen LogP contribution in [0.3, 0.4) is 0 Å². The van der Waals surface area contributed by atoms with E-state index in [0.717, 1.165) is 11.8 Å². The maximum absolute atomic E-state index is 12.2. The van der Waals surface area contributed by atoms with Crippen LogP contribution < -0.4 is 0 Å². The molecule has 0 N–H and O–H groups in total. The first-order chi connectivity index (χ1) is 6.61. The van der Waals surface area contributed by atoms with Crippen molar-refractivity contribution in [2.45, 2.75) is 25.8 Å². The van der Waals surface area contributed by atoms with Gasteiger partial charge in [-0.05, 0) is 13.3 Å². The van der Waals surface area contributed by atoms with Crippen molar-refractivity contribution < 1.29 is 13.5 Å². The molecule has 0 heterocycles. The standard InChI is InChI=1S/C9H18BrF2NO/c1-8(3-6-14-2)13(5-4-10)7-9(11)12/h8-9H,3-7H2,1-2H3. The molecular weight excluding hydrogens is 256 g/mol. The lowest BCUT2D eigenvalue weighted by molar-refractivity contribution is 0.0626. The largest absolute Gasteiger partial charge is 0.385 e. The van der Waals surface area contributed by atoms with E-state index < -0.39 is 6.43 Å². The van der Waals surface area contributed by atoms with Crippen LogP contribution in [0.2, 0.25) is 0 Å². The van der Waals surface area contributed by atoms with Crippen LogP contribution in [0.1, 0.15) is 13.3 Å². The zero-order valence-electron chi connectivity index (χ0n) is 8.68. The van der Waals surface area contributed by atoms with Crippen molar-refractivity contribution in [3.63, 3.8) is 0 Å². The summed E-state index contributed by atoms with van der Waals surface area (Å²) in [6.45, 7) is 3.05. The summed E-state index contributed by atoms with van der Waals surface area (Å²) in [4.78, 5) is 1.78. The summed E-state index contributed by atoms with van der Waals surface area (Å²) in [5, 5.41) is 0.719. The van der Waals surface area contributed by atoms with Gasteiger partial charge in [-0.1, -0.05) is 15.9 Å². The van der Waals surface area contributed by atoms with E-state index in [1.807, 2.05) is 6.92 Å². The van der Waals surface area contributed by atoms with Crippen molar-refractivity contribution in [2.24, 2.45) is 0 Å². The molecule has 0 aromatic heterocycles. The molecule has 0 radical (unpaired) electrons. The van der Waals surface area contributed by atoms with Crippen LogP contribution in [-0.2, 0) is 4.74 Å². The predicted molar refractivity (Wildman–Crippen MR) is 57.3 cm³/mol. The van der Waals surface area contributed by atoms with Gasteiger partial charge in [0.1, 0.15) is 0 Å². The fraction of sp³-hybridized carbons (Fsp3) is 1.00. The Balaban J connectivity index is 3.90. The minimum Gasteiger partial charge on any atom is -0.385 e. The first-order valence-electron chi connectivity index (χ1n) is 4.69. The predicted octanol–water partition coefficient (Wildman–Crippen LogP) is 2.37. The molecule has 86 valence electrons. The van der Waals surface area contributed by atoms with E-state index in [2.05, 4.69) is 15.9 Å². The number of methoxy groups -OCH3 is 1. The van der Waals surface area contributed by atoms with Gasteiger partial charge in [0.2, 0.25) is 0 Å². The molecule has 0 aromatic carbocycles. The highest BCUT2D eigenvalue weighted by Gasteiger charge is 2.17. The Hall–Kier alpha value is 0.260. The number of rotatable bonds is 8. The van der Waals surface area contributed by atoms with Crippen molar-refractivity contribution in [3.05, 3.63) is 0 Å². The SMILES string of the molecule is COCCC(C)N(CCBr)CC(F)F. The Morgan fingerprint density at radius 2 is 2.07 bits per heavy atom. The van der Waals surface area contributed by atoms with E-state index in [-0.39, 0.29) is 12.6 Å². The highest BCUT2D eigenvalue weighted by molar-refractivity contribution is 9.09. The van der Waals surface area contributed by atoms with E-state index in [1.165, 1.54) is 0 Å². The van der Waals surface area contributed by atoms with Gasteiger partial charge in [0.15, 0.2) is 0 Å². The van der Waals surface area contributed by atoms with Gasteiger partial charge in [0.05, 0.1) is 6.54 Å². The molecule has 0 aliphatic carbocycles. The van der Waals surface area contributed by atoms with Crippen molar-refractivity contribution >= 4 is 15.9 Å². The van der Waals surface area contributed by atoms with Gasteiger partial charge in [0.25, 0.3) is 6.43 Å². The number of hydrogen-bond donors (Lipinski definition) is 0. The molecule has 0 fully saturated rings. The van der Waals surface area contributed by atoms with Crippen LogP contribution in [0.15, 0.2) is 0 Å². The maximum Gasteiger partial charge on any atom is 0.251 e. The number of nitrogens with zero attached hydrogens (tertiary/aromatic N) is 1. The third-order valence-electron chi connectivity index (χ3n) is 2.11. The van der Waals surface area contributed by atoms with Crippen LogP contribution in [0.25, 0.3) is 0 Å². The smallest absolute Gasteiger partial charge is 0.251 e. The average Bonchev–Trinajstić information content (AvgIpc) is 2.13. The maximum atomic E-state index is 12.2. The van der Waals surface area contributed by atoms with Crippen LogP contribution in [0.4, 0.5) is 8.78 Å². The summed E-state index contributed by atoms with van der Waals surface area (Å²) in [6.07, 6.45) is -1.48. The van der Waals surface area contributed by atoms with Crippen LogP contribution in [-0.4, -0.2) is 49.5 Å². The monoisotopic (exact) mass is 273 g/mol. The second-order valence-corrected chi connectivity index (χ2v) is 4.00. The van der Waals surface area contributed by atoms with Crippen molar-refractivity contribution in [1.29, 1.82) is 0 Å². The van der Waals surface area contributed by atoms with Gasteiger partial charge in [-0.2, -0.15) is 0 Å². The van der Waals surface area contributed by atoms with Gasteiger partial charge in [-0.25, -0.2) is 8.78 Å². The van der Waals surface area contributed by atoms with Crippen LogP contribution in [0, 0.1) is 0 Å². The number of ether oxygens (including phenoxy) is 1. The minimum atomic E-state index is -2.26. The summed E-state index contributed by atoms with van der Waals surface area (Å²) in [5.41, 5.74) is 0. The summed E-state index contributed by atoms with van der Waals surface area (Å²) < 4.78 is 29.3. The van der Waals surface area contributed by atoms with E-state index in [4.69, 9.17) is 4.74 Å². The third kappa shape index (κ3) is 6.68. The molecule has 1 atom stereocenters. The highest BCUT2D eigenvalue weighted by Crippen LogP contribution is 2.08. The first-order valence-corrected chi connectivity index (χ1v) is 5.81.